The highest BCUT2D eigenvalue weighted by atomic mass is 79.9. The molecule has 0 spiro atoms. The molecule has 6 heteroatoms. The summed E-state index contributed by atoms with van der Waals surface area (Å²) in [7, 11) is 3.60. The fourth-order valence-corrected chi connectivity index (χ4v) is 4.46. The second kappa shape index (κ2) is 5.16. The average Bonchev–Trinajstić information content (AvgIpc) is 2.97. The van der Waals surface area contributed by atoms with Gasteiger partial charge in [-0.3, -0.25) is 9.13 Å². The number of hydrogen-bond donors (Lipinski definition) is 0. The molecule has 3 rings (SSSR count). The molecule has 2 aromatic heterocycles. The van der Waals surface area contributed by atoms with Crippen molar-refractivity contribution in [3.63, 3.8) is 0 Å². The van der Waals surface area contributed by atoms with Gasteiger partial charge in [0.2, 0.25) is 0 Å². The molecule has 0 fully saturated rings. The van der Waals surface area contributed by atoms with Crippen molar-refractivity contribution >= 4 is 54.2 Å². The van der Waals surface area contributed by atoms with Gasteiger partial charge in [0.05, 0.1) is 19.6 Å². The summed E-state index contributed by atoms with van der Waals surface area (Å²) in [4.78, 5) is 13.3. The number of alkyl halides is 1. The van der Waals surface area contributed by atoms with Gasteiger partial charge in [-0.1, -0.05) is 22.0 Å². The van der Waals surface area contributed by atoms with E-state index in [9.17, 15) is 4.79 Å². The number of benzene rings is 1. The lowest BCUT2D eigenvalue weighted by atomic mass is 10.1. The molecule has 3 nitrogen and oxygen atoms in total. The summed E-state index contributed by atoms with van der Waals surface area (Å²) >= 11 is 8.93. The van der Waals surface area contributed by atoms with E-state index in [1.807, 2.05) is 12.1 Å². The number of fused-ring (bicyclic) bond motifs is 1. The Hall–Kier alpha value is -0.850. The Labute approximate surface area is 137 Å². The molecule has 0 saturated heterocycles. The zero-order valence-corrected chi connectivity index (χ0v) is 14.9. The zero-order chi connectivity index (χ0) is 14.4. The van der Waals surface area contributed by atoms with Crippen molar-refractivity contribution in [2.24, 2.45) is 14.1 Å². The van der Waals surface area contributed by atoms with Crippen molar-refractivity contribution in [1.29, 1.82) is 0 Å². The van der Waals surface area contributed by atoms with Crippen molar-refractivity contribution in [3.8, 4) is 0 Å². The number of halogens is 2. The second-order valence-electron chi connectivity index (χ2n) is 4.65. The van der Waals surface area contributed by atoms with Gasteiger partial charge in [0.25, 0.3) is 0 Å². The first-order valence-corrected chi connectivity index (χ1v) is 8.56. The molecule has 3 aromatic rings. The number of imidazole rings is 1. The van der Waals surface area contributed by atoms with E-state index < -0.39 is 0 Å². The van der Waals surface area contributed by atoms with Crippen molar-refractivity contribution < 1.29 is 0 Å². The third-order valence-electron chi connectivity index (χ3n) is 3.43. The van der Waals surface area contributed by atoms with Crippen LogP contribution >= 0.6 is 43.2 Å². The van der Waals surface area contributed by atoms with Crippen molar-refractivity contribution in [2.45, 2.75) is 4.83 Å². The Morgan fingerprint density at radius 3 is 2.45 bits per heavy atom. The van der Waals surface area contributed by atoms with Crippen molar-refractivity contribution in [2.75, 3.05) is 0 Å². The third kappa shape index (κ3) is 2.19. The normalized spacial score (nSPS) is 13.0. The molecule has 0 aliphatic heterocycles. The summed E-state index contributed by atoms with van der Waals surface area (Å²) in [5.41, 5.74) is 3.05. The minimum Gasteiger partial charge on any atom is -0.295 e. The van der Waals surface area contributed by atoms with Crippen LogP contribution in [0.3, 0.4) is 0 Å². The van der Waals surface area contributed by atoms with Gasteiger partial charge < -0.3 is 0 Å². The molecule has 0 amide bonds. The Balaban J connectivity index is 2.14. The van der Waals surface area contributed by atoms with Gasteiger partial charge in [-0.2, -0.15) is 0 Å². The minimum absolute atomic E-state index is 0.00198. The second-order valence-corrected chi connectivity index (χ2v) is 8.06. The zero-order valence-electron chi connectivity index (χ0n) is 10.9. The predicted molar refractivity (Wildman–Crippen MR) is 90.9 cm³/mol. The maximum absolute atomic E-state index is 12.0. The van der Waals surface area contributed by atoms with Crippen LogP contribution in [-0.2, 0) is 14.1 Å². The molecule has 0 N–H and O–H groups in total. The molecular weight excluding hydrogens is 404 g/mol. The molecule has 2 heterocycles. The van der Waals surface area contributed by atoms with E-state index in [-0.39, 0.29) is 10.5 Å². The quantitative estimate of drug-likeness (QED) is 0.576. The van der Waals surface area contributed by atoms with E-state index in [4.69, 9.17) is 0 Å². The van der Waals surface area contributed by atoms with E-state index >= 15 is 0 Å². The lowest BCUT2D eigenvalue weighted by molar-refractivity contribution is 0.795. The minimum atomic E-state index is 0.00198. The summed E-state index contributed by atoms with van der Waals surface area (Å²) in [6, 6.07) is 10.3. The topological polar surface area (TPSA) is 26.9 Å². The van der Waals surface area contributed by atoms with E-state index in [1.54, 1.807) is 34.6 Å². The molecule has 104 valence electrons. The van der Waals surface area contributed by atoms with E-state index in [0.29, 0.717) is 0 Å². The lowest BCUT2D eigenvalue weighted by Crippen LogP contribution is -2.19. The smallest absolute Gasteiger partial charge is 0.295 e. The van der Waals surface area contributed by atoms with Crippen molar-refractivity contribution in [1.82, 2.24) is 9.13 Å². The molecular formula is C14H12Br2N2OS. The van der Waals surface area contributed by atoms with Crippen LogP contribution in [0.1, 0.15) is 15.3 Å². The molecule has 1 aromatic carbocycles. The van der Waals surface area contributed by atoms with Gasteiger partial charge in [-0.25, -0.2) is 4.79 Å². The summed E-state index contributed by atoms with van der Waals surface area (Å²) in [6.07, 6.45) is 0. The predicted octanol–water partition coefficient (Wildman–Crippen LogP) is 4.19. The first kappa shape index (κ1) is 14.1. The lowest BCUT2D eigenvalue weighted by Gasteiger charge is -2.08. The summed E-state index contributed by atoms with van der Waals surface area (Å²) in [5.74, 6) is 0. The molecule has 0 aliphatic rings. The molecule has 0 bridgehead atoms. The fourth-order valence-electron chi connectivity index (χ4n) is 2.31. The fraction of sp³-hybridized carbons (Fsp3) is 0.214. The largest absolute Gasteiger partial charge is 0.328 e. The van der Waals surface area contributed by atoms with Gasteiger partial charge in [0.1, 0.15) is 0 Å². The molecule has 0 saturated carbocycles. The number of nitrogens with zero attached hydrogens (tertiary/aromatic N) is 2. The van der Waals surface area contributed by atoms with Gasteiger partial charge in [0, 0.05) is 19.0 Å². The first-order chi connectivity index (χ1) is 9.49. The SMILES string of the molecule is Cn1c(=O)n(C)c2cc(C(Br)c3ccc(Br)s3)ccc21. The highest BCUT2D eigenvalue weighted by Crippen LogP contribution is 2.37. The van der Waals surface area contributed by atoms with Crippen LogP contribution in [0.2, 0.25) is 0 Å². The average molecular weight is 416 g/mol. The number of aromatic nitrogens is 2. The van der Waals surface area contributed by atoms with Gasteiger partial charge in [-0.05, 0) is 45.8 Å². The van der Waals surface area contributed by atoms with E-state index in [0.717, 1.165) is 20.4 Å². The molecule has 1 atom stereocenters. The van der Waals surface area contributed by atoms with Crippen LogP contribution in [0, 0.1) is 0 Å². The van der Waals surface area contributed by atoms with Crippen LogP contribution < -0.4 is 5.69 Å². The summed E-state index contributed by atoms with van der Waals surface area (Å²) in [5, 5.41) is 0. The highest BCUT2D eigenvalue weighted by Gasteiger charge is 2.15. The summed E-state index contributed by atoms with van der Waals surface area (Å²) in [6.45, 7) is 0. The van der Waals surface area contributed by atoms with Crippen LogP contribution in [0.5, 0.6) is 0 Å². The Morgan fingerprint density at radius 1 is 1.10 bits per heavy atom. The number of thiophene rings is 1. The number of aryl methyl sites for hydroxylation is 2. The maximum Gasteiger partial charge on any atom is 0.328 e. The maximum atomic E-state index is 12.0. The standard InChI is InChI=1S/C14H12Br2N2OS/c1-17-9-4-3-8(7-10(9)18(2)14(17)19)13(16)11-5-6-12(15)20-11/h3-7,13H,1-2H3. The van der Waals surface area contributed by atoms with E-state index in [1.165, 1.54) is 4.88 Å². The van der Waals surface area contributed by atoms with Crippen molar-refractivity contribution in [3.05, 3.63) is 55.0 Å². The third-order valence-corrected chi connectivity index (χ3v) is 6.45. The van der Waals surface area contributed by atoms with Crippen LogP contribution in [-0.4, -0.2) is 9.13 Å². The van der Waals surface area contributed by atoms with Crippen LogP contribution in [0.4, 0.5) is 0 Å². The monoisotopic (exact) mass is 414 g/mol. The molecule has 20 heavy (non-hydrogen) atoms. The van der Waals surface area contributed by atoms with Gasteiger partial charge in [0.15, 0.2) is 0 Å². The first-order valence-electron chi connectivity index (χ1n) is 6.03. The Morgan fingerprint density at radius 2 is 1.80 bits per heavy atom. The van der Waals surface area contributed by atoms with Gasteiger partial charge in [-0.15, -0.1) is 11.3 Å². The number of rotatable bonds is 2. The highest BCUT2D eigenvalue weighted by molar-refractivity contribution is 9.11. The number of hydrogen-bond acceptors (Lipinski definition) is 2. The molecule has 1 unspecified atom stereocenters. The van der Waals surface area contributed by atoms with Crippen LogP contribution in [0.25, 0.3) is 11.0 Å². The molecule has 0 aliphatic carbocycles. The Bertz CT molecular complexity index is 847. The Kier molecular flexibility index (Phi) is 3.64. The van der Waals surface area contributed by atoms with E-state index in [2.05, 4.69) is 50.1 Å². The molecule has 0 radical (unpaired) electrons. The van der Waals surface area contributed by atoms with Gasteiger partial charge >= 0.3 is 5.69 Å². The van der Waals surface area contributed by atoms with Crippen LogP contribution in [0.15, 0.2) is 38.9 Å². The summed E-state index contributed by atoms with van der Waals surface area (Å²) < 4.78 is 4.47.